The van der Waals surface area contributed by atoms with E-state index < -0.39 is 0 Å². The molecule has 1 atom stereocenters. The largest absolute Gasteiger partial charge is 0.329 e. The third kappa shape index (κ3) is 8.09. The van der Waals surface area contributed by atoms with Crippen LogP contribution in [-0.2, 0) is 4.79 Å². The first-order valence-electron chi connectivity index (χ1n) is 8.87. The van der Waals surface area contributed by atoms with Crippen LogP contribution in [0.3, 0.4) is 0 Å². The summed E-state index contributed by atoms with van der Waals surface area (Å²) in [5.41, 5.74) is 2.94. The Morgan fingerprint density at radius 1 is 1.24 bits per heavy atom. The molecule has 0 aliphatic carbocycles. The topological polar surface area (TPSA) is 45.2 Å². The number of nitrogens with one attached hydrogen (secondary N) is 1. The molecule has 25 heavy (non-hydrogen) atoms. The van der Waals surface area contributed by atoms with Gasteiger partial charge in [-0.3, -0.25) is 9.78 Å². The van der Waals surface area contributed by atoms with E-state index in [-0.39, 0.29) is 0 Å². The third-order valence-corrected chi connectivity index (χ3v) is 5.66. The summed E-state index contributed by atoms with van der Waals surface area (Å²) < 4.78 is 1.09. The third-order valence-electron chi connectivity index (χ3n) is 3.82. The summed E-state index contributed by atoms with van der Waals surface area (Å²) in [4.78, 5) is 16.8. The van der Waals surface area contributed by atoms with E-state index in [0.717, 1.165) is 20.3 Å². The van der Waals surface area contributed by atoms with Crippen molar-refractivity contribution in [2.24, 2.45) is 0 Å². The Morgan fingerprint density at radius 3 is 2.40 bits per heavy atom. The van der Waals surface area contributed by atoms with Crippen LogP contribution in [-0.4, -0.2) is 61.7 Å². The summed E-state index contributed by atoms with van der Waals surface area (Å²) in [6.45, 7) is 10.3. The van der Waals surface area contributed by atoms with Crippen LogP contribution in [0.25, 0.3) is 11.1 Å². The quantitative estimate of drug-likeness (QED) is 0.477. The maximum absolute atomic E-state index is 10.2. The molecule has 1 aliphatic rings. The van der Waals surface area contributed by atoms with Gasteiger partial charge >= 0.3 is 67.1 Å². The summed E-state index contributed by atoms with van der Waals surface area (Å²) in [5, 5.41) is 2.59. The van der Waals surface area contributed by atoms with E-state index in [0.29, 0.717) is 6.41 Å². The summed E-state index contributed by atoms with van der Waals surface area (Å²) in [6.07, 6.45) is 5.69. The zero-order chi connectivity index (χ0) is 18.5. The monoisotopic (exact) mass is 534 g/mol. The number of pyridine rings is 1. The van der Waals surface area contributed by atoms with E-state index in [1.54, 1.807) is 6.20 Å². The van der Waals surface area contributed by atoms with Gasteiger partial charge in [-0.15, -0.1) is 0 Å². The first-order valence-corrected chi connectivity index (χ1v) is 11.1. The van der Waals surface area contributed by atoms with Crippen LogP contribution in [0.5, 0.6) is 0 Å². The molecular formula is C20H28N3OPb. The summed E-state index contributed by atoms with van der Waals surface area (Å²) >= 11 is 1.40. The van der Waals surface area contributed by atoms with Crippen LogP contribution in [0, 0.1) is 0 Å². The molecule has 1 unspecified atom stereocenters. The maximum atomic E-state index is 10.2. The normalized spacial score (nSPS) is 16.1. The fourth-order valence-corrected chi connectivity index (χ4v) is 3.99. The van der Waals surface area contributed by atoms with Crippen molar-refractivity contribution >= 4 is 37.9 Å². The number of rotatable bonds is 4. The number of nitrogens with zero attached hydrogens (tertiary/aromatic N) is 2. The van der Waals surface area contributed by atoms with Crippen LogP contribution in [0.4, 0.5) is 5.69 Å². The Morgan fingerprint density at radius 2 is 1.96 bits per heavy atom. The zero-order valence-corrected chi connectivity index (χ0v) is 19.3. The van der Waals surface area contributed by atoms with Crippen molar-refractivity contribution in [1.82, 2.24) is 9.88 Å². The van der Waals surface area contributed by atoms with Gasteiger partial charge in [0.25, 0.3) is 0 Å². The Kier molecular flexibility index (Phi) is 11.3. The number of carbonyl (C=O) groups excluding carboxylic acids is 1. The number of carbonyl (C=O) groups is 1. The summed E-state index contributed by atoms with van der Waals surface area (Å²) in [7, 11) is 0. The van der Waals surface area contributed by atoms with Gasteiger partial charge in [0, 0.05) is 18.1 Å². The number of benzene rings is 1. The number of amides is 1. The predicted molar refractivity (Wildman–Crippen MR) is 107 cm³/mol. The van der Waals surface area contributed by atoms with Crippen molar-refractivity contribution in [3.63, 3.8) is 0 Å². The van der Waals surface area contributed by atoms with Gasteiger partial charge in [-0.2, -0.15) is 0 Å². The van der Waals surface area contributed by atoms with Crippen molar-refractivity contribution in [2.75, 3.05) is 25.0 Å². The van der Waals surface area contributed by atoms with Crippen LogP contribution in [0.15, 0.2) is 48.8 Å². The molecule has 1 amide bonds. The number of likely N-dealkylation sites (tertiary alicyclic amines) is 1. The van der Waals surface area contributed by atoms with Gasteiger partial charge in [-0.1, -0.05) is 32.0 Å². The Labute approximate surface area is 167 Å². The molecule has 3 rings (SSSR count). The summed E-state index contributed by atoms with van der Waals surface area (Å²) in [5.74, 6) is 0. The number of aromatic nitrogens is 1. The van der Waals surface area contributed by atoms with Gasteiger partial charge in [0.2, 0.25) is 6.41 Å². The fourth-order valence-electron chi connectivity index (χ4n) is 2.48. The van der Waals surface area contributed by atoms with Crippen LogP contribution in [0.2, 0.25) is 3.48 Å². The molecule has 133 valence electrons. The van der Waals surface area contributed by atoms with E-state index >= 15 is 0 Å². The molecule has 4 nitrogen and oxygen atoms in total. The van der Waals surface area contributed by atoms with Crippen molar-refractivity contribution < 1.29 is 4.79 Å². The summed E-state index contributed by atoms with van der Waals surface area (Å²) in [6, 6.07) is 11.5. The molecule has 1 aromatic heterocycles. The minimum absolute atomic E-state index is 0.666. The van der Waals surface area contributed by atoms with Crippen LogP contribution >= 0.6 is 0 Å². The molecule has 5 heteroatoms. The minimum atomic E-state index is 0.666. The number of hydrogen-bond acceptors (Lipinski definition) is 3. The first kappa shape index (κ1) is 21.8. The van der Waals surface area contributed by atoms with Gasteiger partial charge in [0.05, 0.1) is 0 Å². The maximum Gasteiger partial charge on any atom is 0.211 e. The predicted octanol–water partition coefficient (Wildman–Crippen LogP) is 4.01. The number of hydrogen-bond donors (Lipinski definition) is 1. The molecule has 1 aliphatic heterocycles. The second-order valence-electron chi connectivity index (χ2n) is 5.46. The second kappa shape index (κ2) is 13.0. The van der Waals surface area contributed by atoms with E-state index in [2.05, 4.69) is 22.1 Å². The van der Waals surface area contributed by atoms with Crippen molar-refractivity contribution in [2.45, 2.75) is 30.7 Å². The molecule has 0 bridgehead atoms. The molecule has 1 saturated heterocycles. The average Bonchev–Trinajstić information content (AvgIpc) is 3.11. The molecule has 0 saturated carbocycles. The zero-order valence-electron chi connectivity index (χ0n) is 15.4. The molecule has 1 fully saturated rings. The molecular weight excluding hydrogens is 505 g/mol. The molecule has 1 aromatic carbocycles. The van der Waals surface area contributed by atoms with Crippen LogP contribution < -0.4 is 5.32 Å². The van der Waals surface area contributed by atoms with Gasteiger partial charge in [0.15, 0.2) is 0 Å². The Bertz CT molecular complexity index is 590. The van der Waals surface area contributed by atoms with E-state index in [9.17, 15) is 4.79 Å². The minimum Gasteiger partial charge on any atom is -0.329 e. The van der Waals surface area contributed by atoms with E-state index in [1.165, 1.54) is 51.8 Å². The smallest absolute Gasteiger partial charge is 0.211 e. The molecule has 3 radical (unpaired) electrons. The molecule has 0 spiro atoms. The SMILES string of the molecule is CC.CCN1CC[CH]([Pb])C1.O=CNc1ccc(-c2cccnc2)cc1. The van der Waals surface area contributed by atoms with E-state index in [1.807, 2.05) is 56.4 Å². The molecule has 2 heterocycles. The second-order valence-corrected chi connectivity index (χ2v) is 8.63. The van der Waals surface area contributed by atoms with Gasteiger partial charge in [-0.05, 0) is 29.3 Å². The van der Waals surface area contributed by atoms with Gasteiger partial charge < -0.3 is 5.32 Å². The molecule has 1 N–H and O–H groups in total. The average molecular weight is 534 g/mol. The molecule has 2 aromatic rings. The van der Waals surface area contributed by atoms with Gasteiger partial charge in [-0.25, -0.2) is 0 Å². The number of anilines is 1. The van der Waals surface area contributed by atoms with Crippen molar-refractivity contribution in [3.8, 4) is 11.1 Å². The van der Waals surface area contributed by atoms with Crippen LogP contribution in [0.1, 0.15) is 27.2 Å². The fraction of sp³-hybridized carbons (Fsp3) is 0.400. The Hall–Kier alpha value is -1.28. The first-order chi connectivity index (χ1) is 12.2. The standard InChI is InChI=1S/C12H10N2O.C6H12N.C2H6.Pb/c15-9-14-12-5-3-10(4-6-12)11-2-1-7-13-8-11;1-2-7-5-3-4-6-7;1-2;/h1-9H,(H,14,15);3H,2,4-6H2,1H3;1-2H3;. The van der Waals surface area contributed by atoms with Crippen molar-refractivity contribution in [3.05, 3.63) is 48.8 Å². The van der Waals surface area contributed by atoms with Gasteiger partial charge in [0.1, 0.15) is 0 Å². The van der Waals surface area contributed by atoms with Crippen molar-refractivity contribution in [1.29, 1.82) is 0 Å². The van der Waals surface area contributed by atoms with E-state index in [4.69, 9.17) is 0 Å². The Balaban J connectivity index is 0.000000264.